The zero-order valence-electron chi connectivity index (χ0n) is 11.9. The summed E-state index contributed by atoms with van der Waals surface area (Å²) in [5.74, 6) is 1.92. The smallest absolute Gasteiger partial charge is 0.228 e. The molecule has 0 aliphatic heterocycles. The van der Waals surface area contributed by atoms with Crippen LogP contribution in [0.4, 0.5) is 0 Å². The lowest BCUT2D eigenvalue weighted by Gasteiger charge is -2.16. The number of aromatic nitrogens is 2. The summed E-state index contributed by atoms with van der Waals surface area (Å²) in [5.41, 5.74) is 8.46. The van der Waals surface area contributed by atoms with Crippen LogP contribution in [0.5, 0.6) is 0 Å². The summed E-state index contributed by atoms with van der Waals surface area (Å²) < 4.78 is 5.34. The molecule has 1 atom stereocenters. The summed E-state index contributed by atoms with van der Waals surface area (Å²) >= 11 is 0. The maximum atomic E-state index is 6.25. The van der Waals surface area contributed by atoms with Gasteiger partial charge in [0.1, 0.15) is 0 Å². The van der Waals surface area contributed by atoms with E-state index in [2.05, 4.69) is 29.2 Å². The first-order valence-electron chi connectivity index (χ1n) is 7.37. The van der Waals surface area contributed by atoms with E-state index < -0.39 is 0 Å². The second-order valence-corrected chi connectivity index (χ2v) is 5.79. The molecule has 1 aliphatic rings. The standard InChI is InChI=1S/C16H21N3O/c1-11-6-8-13(9-7-11)16-18-15(20-19-16)10-14(17)12-4-2-3-5-12/h6-9,12,14H,2-5,10,17H2,1H3. The van der Waals surface area contributed by atoms with Gasteiger partial charge in [0.15, 0.2) is 0 Å². The third-order valence-electron chi connectivity index (χ3n) is 4.19. The van der Waals surface area contributed by atoms with Gasteiger partial charge < -0.3 is 10.3 Å². The number of hydrogen-bond donors (Lipinski definition) is 1. The van der Waals surface area contributed by atoms with Gasteiger partial charge in [0.05, 0.1) is 0 Å². The SMILES string of the molecule is Cc1ccc(-c2noc(CC(N)C3CCCC3)n2)cc1. The van der Waals surface area contributed by atoms with E-state index in [-0.39, 0.29) is 6.04 Å². The van der Waals surface area contributed by atoms with Crippen LogP contribution in [-0.2, 0) is 6.42 Å². The average molecular weight is 271 g/mol. The number of aryl methyl sites for hydroxylation is 1. The maximum Gasteiger partial charge on any atom is 0.228 e. The zero-order chi connectivity index (χ0) is 13.9. The Labute approximate surface area is 119 Å². The highest BCUT2D eigenvalue weighted by molar-refractivity contribution is 5.54. The highest BCUT2D eigenvalue weighted by Crippen LogP contribution is 2.28. The van der Waals surface area contributed by atoms with Crippen molar-refractivity contribution >= 4 is 0 Å². The molecule has 2 N–H and O–H groups in total. The molecule has 1 aromatic carbocycles. The van der Waals surface area contributed by atoms with Crippen LogP contribution in [0.15, 0.2) is 28.8 Å². The minimum atomic E-state index is 0.142. The third kappa shape index (κ3) is 2.90. The van der Waals surface area contributed by atoms with E-state index in [0.29, 0.717) is 24.1 Å². The number of benzene rings is 1. The molecule has 4 nitrogen and oxygen atoms in total. The number of rotatable bonds is 4. The van der Waals surface area contributed by atoms with Crippen molar-refractivity contribution in [3.63, 3.8) is 0 Å². The molecule has 1 heterocycles. The molecule has 0 bridgehead atoms. The van der Waals surface area contributed by atoms with Crippen molar-refractivity contribution in [1.82, 2.24) is 10.1 Å². The lowest BCUT2D eigenvalue weighted by Crippen LogP contribution is -2.30. The van der Waals surface area contributed by atoms with Crippen molar-refractivity contribution in [2.75, 3.05) is 0 Å². The van der Waals surface area contributed by atoms with Gasteiger partial charge in [0.2, 0.25) is 11.7 Å². The second-order valence-electron chi connectivity index (χ2n) is 5.79. The molecule has 0 amide bonds. The van der Waals surface area contributed by atoms with Crippen molar-refractivity contribution in [2.24, 2.45) is 11.7 Å². The number of nitrogens with two attached hydrogens (primary N) is 1. The quantitative estimate of drug-likeness (QED) is 0.928. The van der Waals surface area contributed by atoms with Gasteiger partial charge in [-0.3, -0.25) is 0 Å². The monoisotopic (exact) mass is 271 g/mol. The highest BCUT2D eigenvalue weighted by Gasteiger charge is 2.24. The molecule has 0 spiro atoms. The summed E-state index contributed by atoms with van der Waals surface area (Å²) in [4.78, 5) is 4.46. The number of hydrogen-bond acceptors (Lipinski definition) is 4. The molecule has 0 radical (unpaired) electrons. The molecule has 1 aromatic heterocycles. The zero-order valence-corrected chi connectivity index (χ0v) is 11.9. The molecule has 4 heteroatoms. The second kappa shape index (κ2) is 5.75. The fraction of sp³-hybridized carbons (Fsp3) is 0.500. The normalized spacial score (nSPS) is 17.5. The lowest BCUT2D eigenvalue weighted by atomic mass is 9.96. The van der Waals surface area contributed by atoms with Crippen molar-refractivity contribution in [1.29, 1.82) is 0 Å². The lowest BCUT2D eigenvalue weighted by molar-refractivity contribution is 0.341. The van der Waals surface area contributed by atoms with Crippen LogP contribution < -0.4 is 5.73 Å². The van der Waals surface area contributed by atoms with E-state index in [1.54, 1.807) is 0 Å². The molecule has 2 aromatic rings. The Morgan fingerprint density at radius 1 is 1.25 bits per heavy atom. The summed E-state index contributed by atoms with van der Waals surface area (Å²) in [6.45, 7) is 2.06. The predicted molar refractivity (Wildman–Crippen MR) is 78.1 cm³/mol. The first-order valence-corrected chi connectivity index (χ1v) is 7.37. The Hall–Kier alpha value is -1.68. The summed E-state index contributed by atoms with van der Waals surface area (Å²) in [7, 11) is 0. The largest absolute Gasteiger partial charge is 0.339 e. The van der Waals surface area contributed by atoms with Crippen molar-refractivity contribution < 1.29 is 4.52 Å². The van der Waals surface area contributed by atoms with Gasteiger partial charge in [-0.15, -0.1) is 0 Å². The fourth-order valence-corrected chi connectivity index (χ4v) is 2.91. The molecule has 20 heavy (non-hydrogen) atoms. The van der Waals surface area contributed by atoms with Crippen LogP contribution in [-0.4, -0.2) is 16.2 Å². The molecule has 1 unspecified atom stereocenters. The average Bonchev–Trinajstić information content (AvgIpc) is 3.10. The van der Waals surface area contributed by atoms with E-state index in [0.717, 1.165) is 5.56 Å². The van der Waals surface area contributed by atoms with E-state index in [4.69, 9.17) is 10.3 Å². The first-order chi connectivity index (χ1) is 9.72. The molecule has 3 rings (SSSR count). The topological polar surface area (TPSA) is 64.9 Å². The summed E-state index contributed by atoms with van der Waals surface area (Å²) in [6.07, 6.45) is 5.76. The van der Waals surface area contributed by atoms with Crippen molar-refractivity contribution in [3.8, 4) is 11.4 Å². The van der Waals surface area contributed by atoms with Crippen molar-refractivity contribution in [2.45, 2.75) is 45.1 Å². The fourth-order valence-electron chi connectivity index (χ4n) is 2.91. The molecular formula is C16H21N3O. The Morgan fingerprint density at radius 2 is 1.95 bits per heavy atom. The van der Waals surface area contributed by atoms with Gasteiger partial charge in [-0.25, -0.2) is 0 Å². The molecule has 1 saturated carbocycles. The highest BCUT2D eigenvalue weighted by atomic mass is 16.5. The Balaban J connectivity index is 1.68. The predicted octanol–water partition coefficient (Wildman–Crippen LogP) is 3.11. The van der Waals surface area contributed by atoms with Crippen LogP contribution in [0.3, 0.4) is 0 Å². The molecular weight excluding hydrogens is 250 g/mol. The molecule has 1 aliphatic carbocycles. The van der Waals surface area contributed by atoms with Crippen LogP contribution >= 0.6 is 0 Å². The van der Waals surface area contributed by atoms with Gasteiger partial charge >= 0.3 is 0 Å². The minimum Gasteiger partial charge on any atom is -0.339 e. The van der Waals surface area contributed by atoms with Gasteiger partial charge in [-0.1, -0.05) is 47.8 Å². The Kier molecular flexibility index (Phi) is 3.83. The van der Waals surface area contributed by atoms with Gasteiger partial charge in [-0.05, 0) is 25.7 Å². The van der Waals surface area contributed by atoms with Crippen LogP contribution in [0.1, 0.15) is 37.1 Å². The van der Waals surface area contributed by atoms with Gasteiger partial charge in [0, 0.05) is 18.0 Å². The molecule has 1 fully saturated rings. The van der Waals surface area contributed by atoms with E-state index in [1.807, 2.05) is 12.1 Å². The van der Waals surface area contributed by atoms with Crippen LogP contribution in [0.2, 0.25) is 0 Å². The number of nitrogens with zero attached hydrogens (tertiary/aromatic N) is 2. The van der Waals surface area contributed by atoms with Crippen LogP contribution in [0, 0.1) is 12.8 Å². The van der Waals surface area contributed by atoms with Crippen LogP contribution in [0.25, 0.3) is 11.4 Å². The maximum absolute atomic E-state index is 6.25. The van der Waals surface area contributed by atoms with E-state index in [9.17, 15) is 0 Å². The molecule has 106 valence electrons. The summed E-state index contributed by atoms with van der Waals surface area (Å²) in [5, 5.41) is 4.05. The summed E-state index contributed by atoms with van der Waals surface area (Å²) in [6, 6.07) is 8.27. The molecule has 0 saturated heterocycles. The van der Waals surface area contributed by atoms with Gasteiger partial charge in [0.25, 0.3) is 0 Å². The minimum absolute atomic E-state index is 0.142. The first kappa shape index (κ1) is 13.3. The van der Waals surface area contributed by atoms with Gasteiger partial charge in [-0.2, -0.15) is 4.98 Å². The van der Waals surface area contributed by atoms with E-state index >= 15 is 0 Å². The Bertz CT molecular complexity index is 555. The van der Waals surface area contributed by atoms with E-state index in [1.165, 1.54) is 31.2 Å². The third-order valence-corrected chi connectivity index (χ3v) is 4.19. The Morgan fingerprint density at radius 3 is 2.65 bits per heavy atom. The van der Waals surface area contributed by atoms with Crippen molar-refractivity contribution in [3.05, 3.63) is 35.7 Å².